The predicted octanol–water partition coefficient (Wildman–Crippen LogP) is -0.140. The van der Waals surface area contributed by atoms with E-state index in [1.165, 1.54) is 7.11 Å². The maximum atomic E-state index is 8.03. The second-order valence-electron chi connectivity index (χ2n) is 1.51. The molecule has 4 heteroatoms. The lowest BCUT2D eigenvalue weighted by Crippen LogP contribution is -2.29. The largest absolute Gasteiger partial charge is 0.361 e. The van der Waals surface area contributed by atoms with E-state index in [9.17, 15) is 0 Å². The first-order valence-corrected chi connectivity index (χ1v) is 2.44. The van der Waals surface area contributed by atoms with Crippen LogP contribution < -0.4 is 5.73 Å². The summed E-state index contributed by atoms with van der Waals surface area (Å²) in [6.07, 6.45) is 1.06. The van der Waals surface area contributed by atoms with Crippen LogP contribution in [0.2, 0.25) is 0 Å². The van der Waals surface area contributed by atoms with Crippen LogP contribution in [0.15, 0.2) is 4.99 Å². The Morgan fingerprint density at radius 2 is 2.44 bits per heavy atom. The van der Waals surface area contributed by atoms with Crippen molar-refractivity contribution in [3.8, 4) is 6.19 Å². The zero-order chi connectivity index (χ0) is 7.28. The van der Waals surface area contributed by atoms with E-state index in [0.29, 0.717) is 5.71 Å². The molecule has 0 aliphatic rings. The van der Waals surface area contributed by atoms with Crippen molar-refractivity contribution in [2.75, 3.05) is 7.11 Å². The Hall–Kier alpha value is -0.920. The summed E-state index contributed by atoms with van der Waals surface area (Å²) in [6.45, 7) is 1.64. The Kier molecular flexibility index (Phi) is 3.60. The van der Waals surface area contributed by atoms with E-state index in [1.54, 1.807) is 13.1 Å². The predicted molar refractivity (Wildman–Crippen MR) is 33.7 cm³/mol. The van der Waals surface area contributed by atoms with Crippen molar-refractivity contribution in [3.05, 3.63) is 0 Å². The second-order valence-corrected chi connectivity index (χ2v) is 1.51. The van der Waals surface area contributed by atoms with E-state index in [2.05, 4.69) is 9.73 Å². The third kappa shape index (κ3) is 2.80. The van der Waals surface area contributed by atoms with E-state index in [4.69, 9.17) is 11.0 Å². The number of nitriles is 1. The van der Waals surface area contributed by atoms with Crippen LogP contribution in [0, 0.1) is 11.5 Å². The van der Waals surface area contributed by atoms with Crippen molar-refractivity contribution in [2.45, 2.75) is 13.2 Å². The third-order valence-electron chi connectivity index (χ3n) is 0.892. The van der Waals surface area contributed by atoms with E-state index >= 15 is 0 Å². The summed E-state index contributed by atoms with van der Waals surface area (Å²) in [5.41, 5.74) is 5.78. The monoisotopic (exact) mass is 127 g/mol. The molecule has 0 heterocycles. The fourth-order valence-corrected chi connectivity index (χ4v) is 0.313. The molecule has 1 unspecified atom stereocenters. The maximum Gasteiger partial charge on any atom is 0.205 e. The van der Waals surface area contributed by atoms with Gasteiger partial charge in [-0.2, -0.15) is 10.3 Å². The number of aliphatic imine (C=N–C) groups is 1. The molecule has 0 saturated carbocycles. The molecular weight excluding hydrogens is 118 g/mol. The van der Waals surface area contributed by atoms with Gasteiger partial charge < -0.3 is 10.5 Å². The second kappa shape index (κ2) is 4.01. The molecule has 2 N–H and O–H groups in total. The Morgan fingerprint density at radius 1 is 1.89 bits per heavy atom. The van der Waals surface area contributed by atoms with Gasteiger partial charge in [-0.05, 0) is 6.92 Å². The minimum atomic E-state index is -0.551. The molecule has 0 aromatic rings. The smallest absolute Gasteiger partial charge is 0.205 e. The number of nitrogens with zero attached hydrogens (tertiary/aromatic N) is 2. The number of rotatable bonds is 2. The molecule has 0 radical (unpaired) electrons. The van der Waals surface area contributed by atoms with Crippen LogP contribution in [0.5, 0.6) is 0 Å². The lowest BCUT2D eigenvalue weighted by molar-refractivity contribution is 0.161. The fraction of sp³-hybridized carbons (Fsp3) is 0.600. The highest BCUT2D eigenvalue weighted by molar-refractivity contribution is 5.86. The van der Waals surface area contributed by atoms with Crippen LogP contribution in [0.3, 0.4) is 0 Å². The van der Waals surface area contributed by atoms with Gasteiger partial charge in [0.15, 0.2) is 0 Å². The molecule has 0 aliphatic heterocycles. The zero-order valence-corrected chi connectivity index (χ0v) is 5.46. The van der Waals surface area contributed by atoms with E-state index in [1.807, 2.05) is 0 Å². The Labute approximate surface area is 53.9 Å². The Bertz CT molecular complexity index is 147. The molecule has 1 atom stereocenters. The van der Waals surface area contributed by atoms with Crippen LogP contribution >= 0.6 is 0 Å². The quantitative estimate of drug-likeness (QED) is 0.319. The minimum Gasteiger partial charge on any atom is -0.361 e. The average Bonchev–Trinajstić information content (AvgIpc) is 1.87. The molecule has 0 rings (SSSR count). The normalized spacial score (nSPS) is 14.7. The van der Waals surface area contributed by atoms with Crippen LogP contribution in [0.1, 0.15) is 6.92 Å². The summed E-state index contributed by atoms with van der Waals surface area (Å²) in [5, 5.41) is 8.03. The summed E-state index contributed by atoms with van der Waals surface area (Å²) >= 11 is 0. The van der Waals surface area contributed by atoms with Crippen molar-refractivity contribution in [1.82, 2.24) is 0 Å². The van der Waals surface area contributed by atoms with E-state index in [0.717, 1.165) is 0 Å². The summed E-state index contributed by atoms with van der Waals surface area (Å²) < 4.78 is 4.66. The molecule has 0 bridgehead atoms. The minimum absolute atomic E-state index is 0.486. The standard InChI is InChI=1S/C5H9N3O/c1-4(8-3-6)5(7)9-2/h5H,7H2,1-2H3. The van der Waals surface area contributed by atoms with Crippen molar-refractivity contribution in [1.29, 1.82) is 5.26 Å². The maximum absolute atomic E-state index is 8.03. The first kappa shape index (κ1) is 8.08. The van der Waals surface area contributed by atoms with Gasteiger partial charge in [0.1, 0.15) is 6.23 Å². The first-order chi connectivity index (χ1) is 4.22. The number of ether oxygens (including phenoxy) is 1. The lowest BCUT2D eigenvalue weighted by atomic mass is 10.4. The highest BCUT2D eigenvalue weighted by atomic mass is 16.5. The average molecular weight is 127 g/mol. The molecule has 9 heavy (non-hydrogen) atoms. The molecule has 0 amide bonds. The summed E-state index contributed by atoms with van der Waals surface area (Å²) in [4.78, 5) is 3.37. The van der Waals surface area contributed by atoms with Gasteiger partial charge in [-0.15, -0.1) is 0 Å². The van der Waals surface area contributed by atoms with Gasteiger partial charge in [0.05, 0.1) is 5.71 Å². The molecule has 0 aliphatic carbocycles. The molecule has 0 fully saturated rings. The van der Waals surface area contributed by atoms with Gasteiger partial charge in [0.25, 0.3) is 0 Å². The fourth-order valence-electron chi connectivity index (χ4n) is 0.313. The van der Waals surface area contributed by atoms with Crippen molar-refractivity contribution in [3.63, 3.8) is 0 Å². The van der Waals surface area contributed by atoms with Crippen LogP contribution in [-0.4, -0.2) is 19.0 Å². The topological polar surface area (TPSA) is 71.4 Å². The van der Waals surface area contributed by atoms with Gasteiger partial charge in [0, 0.05) is 7.11 Å². The third-order valence-corrected chi connectivity index (χ3v) is 0.892. The van der Waals surface area contributed by atoms with Crippen LogP contribution in [-0.2, 0) is 4.74 Å². The summed E-state index contributed by atoms with van der Waals surface area (Å²) in [5.74, 6) is 0. The molecule has 4 nitrogen and oxygen atoms in total. The Morgan fingerprint density at radius 3 is 2.78 bits per heavy atom. The molecule has 50 valence electrons. The first-order valence-electron chi connectivity index (χ1n) is 2.44. The number of hydrogen-bond acceptors (Lipinski definition) is 4. The molecular formula is C5H9N3O. The molecule has 0 aromatic heterocycles. The number of hydrogen-bond donors (Lipinski definition) is 1. The molecule has 0 spiro atoms. The van der Waals surface area contributed by atoms with Gasteiger partial charge in [0.2, 0.25) is 6.19 Å². The summed E-state index contributed by atoms with van der Waals surface area (Å²) in [6, 6.07) is 0. The highest BCUT2D eigenvalue weighted by Crippen LogP contribution is 1.83. The van der Waals surface area contributed by atoms with E-state index < -0.39 is 6.23 Å². The number of methoxy groups -OCH3 is 1. The van der Waals surface area contributed by atoms with Gasteiger partial charge in [-0.25, -0.2) is 0 Å². The van der Waals surface area contributed by atoms with Crippen molar-refractivity contribution < 1.29 is 4.74 Å². The lowest BCUT2D eigenvalue weighted by Gasteiger charge is -2.05. The van der Waals surface area contributed by atoms with Crippen molar-refractivity contribution >= 4 is 5.71 Å². The molecule has 0 saturated heterocycles. The van der Waals surface area contributed by atoms with Crippen LogP contribution in [0.25, 0.3) is 0 Å². The van der Waals surface area contributed by atoms with E-state index in [-0.39, 0.29) is 0 Å². The summed E-state index contributed by atoms with van der Waals surface area (Å²) in [7, 11) is 1.46. The number of nitrogens with two attached hydrogens (primary N) is 1. The Balaban J connectivity index is 3.89. The zero-order valence-electron chi connectivity index (χ0n) is 5.46. The van der Waals surface area contributed by atoms with Gasteiger partial charge >= 0.3 is 0 Å². The molecule has 0 aromatic carbocycles. The van der Waals surface area contributed by atoms with Crippen LogP contribution in [0.4, 0.5) is 0 Å². The highest BCUT2D eigenvalue weighted by Gasteiger charge is 2.01. The van der Waals surface area contributed by atoms with Crippen molar-refractivity contribution in [2.24, 2.45) is 10.7 Å². The van der Waals surface area contributed by atoms with Gasteiger partial charge in [-0.1, -0.05) is 0 Å². The van der Waals surface area contributed by atoms with Gasteiger partial charge in [-0.3, -0.25) is 0 Å². The SMILES string of the molecule is COC(N)C(C)=NC#N.